The minimum atomic E-state index is -5.06. The fourth-order valence-corrected chi connectivity index (χ4v) is 6.26. The topological polar surface area (TPSA) is 126 Å². The number of halogens is 6. The number of aromatic carboxylic acids is 1. The van der Waals surface area contributed by atoms with Crippen LogP contribution in [-0.2, 0) is 26.7 Å². The summed E-state index contributed by atoms with van der Waals surface area (Å²) in [5.74, 6) is -3.44. The van der Waals surface area contributed by atoms with Gasteiger partial charge in [0.15, 0.2) is 0 Å². The average Bonchev–Trinajstić information content (AvgIpc) is 3.33. The van der Waals surface area contributed by atoms with Gasteiger partial charge in [0, 0.05) is 31.3 Å². The number of morpholine rings is 1. The molecule has 51 heavy (non-hydrogen) atoms. The normalized spacial score (nSPS) is 16.5. The van der Waals surface area contributed by atoms with E-state index in [9.17, 15) is 45.8 Å². The van der Waals surface area contributed by atoms with Crippen molar-refractivity contribution in [3.63, 3.8) is 0 Å². The number of hydrogen-bond donors (Lipinski definition) is 2. The van der Waals surface area contributed by atoms with Crippen LogP contribution in [0.4, 0.5) is 26.3 Å². The summed E-state index contributed by atoms with van der Waals surface area (Å²) >= 11 is 6.20. The van der Waals surface area contributed by atoms with Crippen molar-refractivity contribution < 1.29 is 65.1 Å². The van der Waals surface area contributed by atoms with Crippen LogP contribution in [0.3, 0.4) is 0 Å². The van der Waals surface area contributed by atoms with Crippen LogP contribution in [0.1, 0.15) is 33.5 Å². The molecule has 3 aromatic carbocycles. The van der Waals surface area contributed by atoms with Gasteiger partial charge in [0.05, 0.1) is 35.7 Å². The fraction of sp³-hybridized carbons (Fsp3) is 0.273. The molecule has 2 aliphatic heterocycles. The Morgan fingerprint density at radius 3 is 2.22 bits per heavy atom. The molecule has 2 saturated heterocycles. The molecule has 3 aromatic rings. The number of carboxylic acid groups (broad SMARTS) is 1. The number of alkyl halides is 6. The summed E-state index contributed by atoms with van der Waals surface area (Å²) in [5, 5.41) is 18.9. The third-order valence-electron chi connectivity index (χ3n) is 7.57. The van der Waals surface area contributed by atoms with Gasteiger partial charge in [-0.05, 0) is 59.7 Å². The lowest BCUT2D eigenvalue weighted by atomic mass is 9.97. The van der Waals surface area contributed by atoms with Gasteiger partial charge in [0.2, 0.25) is 0 Å². The highest BCUT2D eigenvalue weighted by molar-refractivity contribution is 8.26. The van der Waals surface area contributed by atoms with Crippen molar-refractivity contribution in [2.45, 2.75) is 18.8 Å². The van der Waals surface area contributed by atoms with Crippen molar-refractivity contribution in [2.24, 2.45) is 0 Å². The molecule has 18 heteroatoms. The van der Waals surface area contributed by atoms with Crippen LogP contribution in [0.15, 0.2) is 59.5 Å². The van der Waals surface area contributed by atoms with Gasteiger partial charge in [0.25, 0.3) is 5.91 Å². The number of thiocarbonyl (C=S) groups is 1. The molecule has 0 spiro atoms. The smallest absolute Gasteiger partial charge is 0.416 e. The second kappa shape index (κ2) is 15.3. The number of carbonyl (C=O) groups is 3. The van der Waals surface area contributed by atoms with E-state index in [4.69, 9.17) is 31.5 Å². The first-order valence-corrected chi connectivity index (χ1v) is 16.1. The zero-order valence-electron chi connectivity index (χ0n) is 26.0. The zero-order valence-corrected chi connectivity index (χ0v) is 27.7. The van der Waals surface area contributed by atoms with Crippen molar-refractivity contribution in [1.82, 2.24) is 9.80 Å². The Labute approximate surface area is 295 Å². The highest BCUT2D eigenvalue weighted by Gasteiger charge is 2.37. The maximum Gasteiger partial charge on any atom is 0.416 e. The van der Waals surface area contributed by atoms with Gasteiger partial charge in [-0.25, -0.2) is 4.79 Å². The molecule has 1 amide bonds. The fourth-order valence-electron chi connectivity index (χ4n) is 4.96. The number of hydrogen-bond acceptors (Lipinski definition) is 10. The summed E-state index contributed by atoms with van der Waals surface area (Å²) < 4.78 is 98.2. The predicted molar refractivity (Wildman–Crippen MR) is 175 cm³/mol. The van der Waals surface area contributed by atoms with E-state index in [0.717, 1.165) is 28.8 Å². The first-order valence-electron chi connectivity index (χ1n) is 14.9. The third-order valence-corrected chi connectivity index (χ3v) is 8.95. The molecule has 5 rings (SSSR count). The molecule has 0 bridgehead atoms. The largest absolute Gasteiger partial charge is 0.507 e. The van der Waals surface area contributed by atoms with Gasteiger partial charge in [-0.1, -0.05) is 30.0 Å². The van der Waals surface area contributed by atoms with Crippen LogP contribution in [0.2, 0.25) is 0 Å². The average molecular weight is 757 g/mol. The van der Waals surface area contributed by atoms with E-state index in [2.05, 4.69) is 0 Å². The molecule has 2 heterocycles. The SMILES string of the molecule is O=C(CCN1C(=O)/C(=C/c2cc(-c3cc(C(F)(F)F)cc(C(F)(F)F)c3)ccc2OCN2CCOCC2)SC1=S)Oc1ccc(C(=O)O)c(O)c1. The Bertz CT molecular complexity index is 1860. The van der Waals surface area contributed by atoms with Gasteiger partial charge in [-0.3, -0.25) is 19.4 Å². The van der Waals surface area contributed by atoms with Gasteiger partial charge in [-0.15, -0.1) is 0 Å². The maximum atomic E-state index is 13.6. The third kappa shape index (κ3) is 9.37. The summed E-state index contributed by atoms with van der Waals surface area (Å²) in [6, 6.07) is 8.39. The molecule has 2 N–H and O–H groups in total. The Morgan fingerprint density at radius 2 is 1.61 bits per heavy atom. The van der Waals surface area contributed by atoms with E-state index >= 15 is 0 Å². The van der Waals surface area contributed by atoms with Gasteiger partial charge < -0.3 is 24.4 Å². The van der Waals surface area contributed by atoms with Gasteiger partial charge in [0.1, 0.15) is 33.9 Å². The molecule has 0 aromatic heterocycles. The molecule has 2 fully saturated rings. The minimum Gasteiger partial charge on any atom is -0.507 e. The highest BCUT2D eigenvalue weighted by atomic mass is 32.2. The minimum absolute atomic E-state index is 0.0165. The maximum absolute atomic E-state index is 13.6. The van der Waals surface area contributed by atoms with Crippen LogP contribution in [-0.4, -0.2) is 81.8 Å². The molecule has 0 saturated carbocycles. The summed E-state index contributed by atoms with van der Waals surface area (Å²) in [7, 11) is 0. The summed E-state index contributed by atoms with van der Waals surface area (Å²) in [6.45, 7) is 1.86. The first kappa shape index (κ1) is 37.6. The van der Waals surface area contributed by atoms with Crippen LogP contribution in [0.5, 0.6) is 17.2 Å². The second-order valence-corrected chi connectivity index (χ2v) is 12.8. The van der Waals surface area contributed by atoms with Crippen LogP contribution >= 0.6 is 24.0 Å². The molecule has 0 unspecified atom stereocenters. The Balaban J connectivity index is 1.40. The Hall–Kier alpha value is -4.65. The van der Waals surface area contributed by atoms with Crippen molar-refractivity contribution in [3.05, 3.63) is 81.8 Å². The molecular formula is C33H26F6N2O8S2. The summed E-state index contributed by atoms with van der Waals surface area (Å²) in [5.41, 5.74) is -3.61. The number of aromatic hydroxyl groups is 1. The molecule has 0 radical (unpaired) electrons. The van der Waals surface area contributed by atoms with Crippen molar-refractivity contribution >= 4 is 52.2 Å². The predicted octanol–water partition coefficient (Wildman–Crippen LogP) is 6.66. The Kier molecular flexibility index (Phi) is 11.3. The number of carbonyl (C=O) groups excluding carboxylic acids is 2. The van der Waals surface area contributed by atoms with Gasteiger partial charge >= 0.3 is 24.3 Å². The van der Waals surface area contributed by atoms with E-state index < -0.39 is 52.6 Å². The number of esters is 1. The molecule has 0 atom stereocenters. The first-order chi connectivity index (χ1) is 24.0. The van der Waals surface area contributed by atoms with Crippen molar-refractivity contribution in [2.75, 3.05) is 39.6 Å². The summed E-state index contributed by atoms with van der Waals surface area (Å²) in [6.07, 6.45) is -9.14. The molecular weight excluding hydrogens is 730 g/mol. The van der Waals surface area contributed by atoms with Crippen LogP contribution < -0.4 is 9.47 Å². The lowest BCUT2D eigenvalue weighted by Crippen LogP contribution is -2.38. The standard InChI is InChI=1S/C33H26F6N2O8S2/c34-32(35,36)21-12-19(13-22(15-21)33(37,38)39)18-1-4-26(48-17-40-7-9-47-10-8-40)20(11-18)14-27-29(44)41(31(50)51-27)6-5-28(43)49-23-2-3-24(30(45)46)25(42)16-23/h1-4,11-16,42H,5-10,17H2,(H,45,46)/b27-14-. The second-order valence-electron chi connectivity index (χ2n) is 11.1. The van der Waals surface area contributed by atoms with E-state index in [1.54, 1.807) is 0 Å². The molecule has 270 valence electrons. The number of rotatable bonds is 10. The van der Waals surface area contributed by atoms with Crippen molar-refractivity contribution in [1.29, 1.82) is 0 Å². The Morgan fingerprint density at radius 1 is 0.941 bits per heavy atom. The monoisotopic (exact) mass is 756 g/mol. The number of benzene rings is 3. The summed E-state index contributed by atoms with van der Waals surface area (Å²) in [4.78, 5) is 40.1. The van der Waals surface area contributed by atoms with E-state index in [1.807, 2.05) is 4.90 Å². The number of nitrogens with zero attached hydrogens (tertiary/aromatic N) is 2. The number of amides is 1. The molecule has 10 nitrogen and oxygen atoms in total. The lowest BCUT2D eigenvalue weighted by Gasteiger charge is -2.26. The number of carboxylic acids is 1. The number of thioether (sulfide) groups is 1. The van der Waals surface area contributed by atoms with Crippen molar-refractivity contribution in [3.8, 4) is 28.4 Å². The number of ether oxygens (including phenoxy) is 3. The highest BCUT2D eigenvalue weighted by Crippen LogP contribution is 2.40. The van der Waals surface area contributed by atoms with Gasteiger partial charge in [-0.2, -0.15) is 26.3 Å². The zero-order chi connectivity index (χ0) is 37.1. The molecule has 0 aliphatic carbocycles. The van der Waals surface area contributed by atoms with Crippen LogP contribution in [0.25, 0.3) is 17.2 Å². The van der Waals surface area contributed by atoms with Crippen LogP contribution in [0, 0.1) is 0 Å². The number of phenols is 1. The lowest BCUT2D eigenvalue weighted by molar-refractivity contribution is -0.143. The molecule has 2 aliphatic rings. The quantitative estimate of drug-likeness (QED) is 0.0759. The van der Waals surface area contributed by atoms with E-state index in [0.29, 0.717) is 38.4 Å². The van der Waals surface area contributed by atoms with E-state index in [1.165, 1.54) is 30.3 Å². The van der Waals surface area contributed by atoms with E-state index in [-0.39, 0.29) is 63.2 Å².